The highest BCUT2D eigenvalue weighted by Crippen LogP contribution is 2.09. The highest BCUT2D eigenvalue weighted by Gasteiger charge is 2.01. The molecule has 88 valence electrons. The molecular formula is C12H19N3O. The first-order chi connectivity index (χ1) is 7.59. The van der Waals surface area contributed by atoms with Crippen LogP contribution in [0.1, 0.15) is 32.4 Å². The number of hydrogen-bond donors (Lipinski definition) is 2. The van der Waals surface area contributed by atoms with Crippen molar-refractivity contribution in [2.75, 3.05) is 6.61 Å². The Morgan fingerprint density at radius 1 is 1.50 bits per heavy atom. The van der Waals surface area contributed by atoms with E-state index >= 15 is 0 Å². The van der Waals surface area contributed by atoms with Gasteiger partial charge in [0.05, 0.1) is 6.61 Å². The SMILES string of the molecule is CC(C)CCCOc1cccc(C(=N)N)n1. The fourth-order valence-corrected chi connectivity index (χ4v) is 1.31. The summed E-state index contributed by atoms with van der Waals surface area (Å²) >= 11 is 0. The second-order valence-corrected chi connectivity index (χ2v) is 4.16. The summed E-state index contributed by atoms with van der Waals surface area (Å²) < 4.78 is 5.48. The van der Waals surface area contributed by atoms with E-state index in [1.165, 1.54) is 0 Å². The molecule has 0 atom stereocenters. The van der Waals surface area contributed by atoms with Crippen LogP contribution in [0.2, 0.25) is 0 Å². The quantitative estimate of drug-likeness (QED) is 0.439. The number of rotatable bonds is 6. The lowest BCUT2D eigenvalue weighted by Gasteiger charge is -2.07. The Bertz CT molecular complexity index is 350. The van der Waals surface area contributed by atoms with E-state index in [0.29, 0.717) is 24.1 Å². The van der Waals surface area contributed by atoms with Crippen molar-refractivity contribution in [3.63, 3.8) is 0 Å². The minimum Gasteiger partial charge on any atom is -0.478 e. The number of hydrogen-bond acceptors (Lipinski definition) is 3. The minimum atomic E-state index is -0.0346. The van der Waals surface area contributed by atoms with Gasteiger partial charge in [-0.2, -0.15) is 0 Å². The molecule has 0 aromatic carbocycles. The molecule has 0 aliphatic rings. The summed E-state index contributed by atoms with van der Waals surface area (Å²) in [5.74, 6) is 1.20. The van der Waals surface area contributed by atoms with Gasteiger partial charge in [-0.15, -0.1) is 0 Å². The van der Waals surface area contributed by atoms with Crippen molar-refractivity contribution in [3.05, 3.63) is 23.9 Å². The van der Waals surface area contributed by atoms with Crippen molar-refractivity contribution in [3.8, 4) is 5.88 Å². The topological polar surface area (TPSA) is 72.0 Å². The zero-order valence-electron chi connectivity index (χ0n) is 9.86. The maximum Gasteiger partial charge on any atom is 0.213 e. The number of ether oxygens (including phenoxy) is 1. The fourth-order valence-electron chi connectivity index (χ4n) is 1.31. The van der Waals surface area contributed by atoms with Crippen LogP contribution in [0, 0.1) is 11.3 Å². The van der Waals surface area contributed by atoms with Crippen LogP contribution in [0.3, 0.4) is 0 Å². The van der Waals surface area contributed by atoms with E-state index in [1.54, 1.807) is 18.2 Å². The Morgan fingerprint density at radius 3 is 2.88 bits per heavy atom. The Morgan fingerprint density at radius 2 is 2.25 bits per heavy atom. The van der Waals surface area contributed by atoms with Gasteiger partial charge in [0, 0.05) is 6.07 Å². The summed E-state index contributed by atoms with van der Waals surface area (Å²) in [5.41, 5.74) is 5.80. The van der Waals surface area contributed by atoms with E-state index in [4.69, 9.17) is 15.9 Å². The molecular weight excluding hydrogens is 202 g/mol. The van der Waals surface area contributed by atoms with Crippen molar-refractivity contribution in [2.24, 2.45) is 11.7 Å². The van der Waals surface area contributed by atoms with Crippen molar-refractivity contribution >= 4 is 5.84 Å². The normalized spacial score (nSPS) is 10.4. The highest BCUT2D eigenvalue weighted by atomic mass is 16.5. The van der Waals surface area contributed by atoms with E-state index in [-0.39, 0.29) is 5.84 Å². The third kappa shape index (κ3) is 4.29. The second-order valence-electron chi connectivity index (χ2n) is 4.16. The second kappa shape index (κ2) is 6.10. The summed E-state index contributed by atoms with van der Waals surface area (Å²) in [5, 5.41) is 7.26. The van der Waals surface area contributed by atoms with E-state index < -0.39 is 0 Å². The zero-order valence-corrected chi connectivity index (χ0v) is 9.86. The van der Waals surface area contributed by atoms with E-state index in [9.17, 15) is 0 Å². The van der Waals surface area contributed by atoms with Crippen LogP contribution in [0.4, 0.5) is 0 Å². The molecule has 0 radical (unpaired) electrons. The molecule has 1 rings (SSSR count). The molecule has 0 aliphatic heterocycles. The predicted octanol–water partition coefficient (Wildman–Crippen LogP) is 2.18. The van der Waals surface area contributed by atoms with E-state index in [2.05, 4.69) is 18.8 Å². The summed E-state index contributed by atoms with van der Waals surface area (Å²) in [6.45, 7) is 5.04. The summed E-state index contributed by atoms with van der Waals surface area (Å²) in [6, 6.07) is 5.27. The molecule has 0 spiro atoms. The summed E-state index contributed by atoms with van der Waals surface area (Å²) in [6.07, 6.45) is 2.16. The molecule has 0 amide bonds. The van der Waals surface area contributed by atoms with E-state index in [1.807, 2.05) is 0 Å². The van der Waals surface area contributed by atoms with Gasteiger partial charge >= 0.3 is 0 Å². The number of nitrogen functional groups attached to an aromatic ring is 1. The molecule has 4 nitrogen and oxygen atoms in total. The zero-order chi connectivity index (χ0) is 12.0. The third-order valence-electron chi connectivity index (χ3n) is 2.18. The van der Waals surface area contributed by atoms with Gasteiger partial charge in [-0.25, -0.2) is 4.98 Å². The van der Waals surface area contributed by atoms with E-state index in [0.717, 1.165) is 12.8 Å². The first kappa shape index (κ1) is 12.5. The van der Waals surface area contributed by atoms with Crippen molar-refractivity contribution in [1.82, 2.24) is 4.98 Å². The van der Waals surface area contributed by atoms with Crippen molar-refractivity contribution in [2.45, 2.75) is 26.7 Å². The van der Waals surface area contributed by atoms with Gasteiger partial charge in [0.2, 0.25) is 5.88 Å². The van der Waals surface area contributed by atoms with Crippen LogP contribution in [0.5, 0.6) is 5.88 Å². The number of amidine groups is 1. The van der Waals surface area contributed by atoms with Crippen molar-refractivity contribution in [1.29, 1.82) is 5.41 Å². The molecule has 0 fully saturated rings. The summed E-state index contributed by atoms with van der Waals surface area (Å²) in [7, 11) is 0. The molecule has 1 aromatic rings. The molecule has 3 N–H and O–H groups in total. The fraction of sp³-hybridized carbons (Fsp3) is 0.500. The van der Waals surface area contributed by atoms with Crippen LogP contribution < -0.4 is 10.5 Å². The molecule has 1 aromatic heterocycles. The largest absolute Gasteiger partial charge is 0.478 e. The lowest BCUT2D eigenvalue weighted by atomic mass is 10.1. The average Bonchev–Trinajstić information content (AvgIpc) is 2.24. The monoisotopic (exact) mass is 221 g/mol. The van der Waals surface area contributed by atoms with Gasteiger partial charge < -0.3 is 10.5 Å². The average molecular weight is 221 g/mol. The number of nitrogens with two attached hydrogens (primary N) is 1. The highest BCUT2D eigenvalue weighted by molar-refractivity contribution is 5.93. The first-order valence-corrected chi connectivity index (χ1v) is 5.54. The number of nitrogens with one attached hydrogen (secondary N) is 1. The number of pyridine rings is 1. The van der Waals surface area contributed by atoms with Crippen LogP contribution in [0.15, 0.2) is 18.2 Å². The predicted molar refractivity (Wildman–Crippen MR) is 64.8 cm³/mol. The van der Waals surface area contributed by atoms with Crippen LogP contribution in [-0.4, -0.2) is 17.4 Å². The smallest absolute Gasteiger partial charge is 0.213 e. The van der Waals surface area contributed by atoms with Gasteiger partial charge in [-0.05, 0) is 24.8 Å². The first-order valence-electron chi connectivity index (χ1n) is 5.54. The van der Waals surface area contributed by atoms with Crippen molar-refractivity contribution < 1.29 is 4.74 Å². The van der Waals surface area contributed by atoms with Gasteiger partial charge in [0.15, 0.2) is 0 Å². The molecule has 0 bridgehead atoms. The van der Waals surface area contributed by atoms with Crippen LogP contribution in [0.25, 0.3) is 0 Å². The maximum atomic E-state index is 7.26. The van der Waals surface area contributed by atoms with Gasteiger partial charge in [0.25, 0.3) is 0 Å². The standard InChI is InChI=1S/C12H19N3O/c1-9(2)5-4-8-16-11-7-3-6-10(15-11)12(13)14/h3,6-7,9H,4-5,8H2,1-2H3,(H3,13,14). The third-order valence-corrected chi connectivity index (χ3v) is 2.18. The molecule has 0 saturated heterocycles. The van der Waals surface area contributed by atoms with Gasteiger partial charge in [-0.3, -0.25) is 5.41 Å². The number of nitrogens with zero attached hydrogens (tertiary/aromatic N) is 1. The minimum absolute atomic E-state index is 0.0346. The Hall–Kier alpha value is -1.58. The molecule has 0 aliphatic carbocycles. The Balaban J connectivity index is 2.42. The molecule has 0 unspecified atom stereocenters. The summed E-state index contributed by atoms with van der Waals surface area (Å²) in [4.78, 5) is 4.12. The van der Waals surface area contributed by atoms with Crippen LogP contribution >= 0.6 is 0 Å². The maximum absolute atomic E-state index is 7.26. The lowest BCUT2D eigenvalue weighted by molar-refractivity contribution is 0.287. The lowest BCUT2D eigenvalue weighted by Crippen LogP contribution is -2.13. The molecule has 4 heteroatoms. The van der Waals surface area contributed by atoms with Gasteiger partial charge in [0.1, 0.15) is 11.5 Å². The Kier molecular flexibility index (Phi) is 4.76. The van der Waals surface area contributed by atoms with Gasteiger partial charge in [-0.1, -0.05) is 19.9 Å². The Labute approximate surface area is 96.3 Å². The molecule has 1 heterocycles. The van der Waals surface area contributed by atoms with Crippen LogP contribution in [-0.2, 0) is 0 Å². The molecule has 0 saturated carbocycles. The molecule has 16 heavy (non-hydrogen) atoms. The number of aromatic nitrogens is 1.